The van der Waals surface area contributed by atoms with Crippen molar-refractivity contribution < 1.29 is 13.2 Å². The van der Waals surface area contributed by atoms with Crippen molar-refractivity contribution in [1.82, 2.24) is 4.98 Å². The van der Waals surface area contributed by atoms with Gasteiger partial charge in [-0.15, -0.1) is 0 Å². The van der Waals surface area contributed by atoms with Crippen molar-refractivity contribution >= 4 is 11.6 Å². The molecule has 0 aliphatic heterocycles. The monoisotopic (exact) mass is 259 g/mol. The molecule has 1 heterocycles. The number of alkyl halides is 3. The molecule has 1 saturated carbocycles. The summed E-state index contributed by atoms with van der Waals surface area (Å²) in [6, 6.07) is 2.45. The van der Waals surface area contributed by atoms with Crippen LogP contribution in [0.4, 0.5) is 24.8 Å². The van der Waals surface area contributed by atoms with Crippen LogP contribution in [-0.2, 0) is 6.18 Å². The summed E-state index contributed by atoms with van der Waals surface area (Å²) in [5.74, 6) is 0.616. The molecule has 1 N–H and O–H groups in total. The van der Waals surface area contributed by atoms with E-state index >= 15 is 0 Å². The summed E-state index contributed by atoms with van der Waals surface area (Å²) in [6.45, 7) is 0. The zero-order valence-corrected chi connectivity index (χ0v) is 10.4. The highest BCUT2D eigenvalue weighted by Crippen LogP contribution is 2.34. The summed E-state index contributed by atoms with van der Waals surface area (Å²) in [4.78, 5) is 6.02. The zero-order valence-electron chi connectivity index (χ0n) is 10.4. The number of anilines is 2. The molecule has 0 aromatic carbocycles. The molecule has 0 spiro atoms. The third-order valence-electron chi connectivity index (χ3n) is 3.38. The molecule has 0 saturated heterocycles. The second-order valence-corrected chi connectivity index (χ2v) is 4.54. The van der Waals surface area contributed by atoms with Gasteiger partial charge in [-0.3, -0.25) is 0 Å². The van der Waals surface area contributed by atoms with Crippen LogP contribution in [0, 0.1) is 0 Å². The maximum Gasteiger partial charge on any atom is 0.416 e. The van der Waals surface area contributed by atoms with Gasteiger partial charge in [-0.2, -0.15) is 13.2 Å². The lowest BCUT2D eigenvalue weighted by Gasteiger charge is -2.35. The van der Waals surface area contributed by atoms with Crippen LogP contribution in [0.3, 0.4) is 0 Å². The first-order valence-corrected chi connectivity index (χ1v) is 5.91. The first-order valence-electron chi connectivity index (χ1n) is 5.91. The van der Waals surface area contributed by atoms with E-state index in [0.29, 0.717) is 11.9 Å². The molecule has 1 aliphatic carbocycles. The van der Waals surface area contributed by atoms with E-state index in [-0.39, 0.29) is 5.82 Å². The second-order valence-electron chi connectivity index (χ2n) is 4.54. The molecule has 0 radical (unpaired) electrons. The summed E-state index contributed by atoms with van der Waals surface area (Å²) in [7, 11) is 3.36. The SMILES string of the molecule is CNc1cc(C(F)(F)F)cc(N(C)C2CCC2)n1. The summed E-state index contributed by atoms with van der Waals surface area (Å²) < 4.78 is 38.3. The Bertz CT molecular complexity index is 427. The summed E-state index contributed by atoms with van der Waals surface area (Å²) in [5, 5.41) is 2.67. The fourth-order valence-corrected chi connectivity index (χ4v) is 1.95. The van der Waals surface area contributed by atoms with Gasteiger partial charge >= 0.3 is 6.18 Å². The molecule has 6 heteroatoms. The second kappa shape index (κ2) is 4.66. The Balaban J connectivity index is 2.34. The van der Waals surface area contributed by atoms with Crippen molar-refractivity contribution in [1.29, 1.82) is 0 Å². The van der Waals surface area contributed by atoms with Crippen LogP contribution < -0.4 is 10.2 Å². The first kappa shape index (κ1) is 13.0. The number of nitrogens with one attached hydrogen (secondary N) is 1. The molecule has 1 fully saturated rings. The standard InChI is InChI=1S/C12H16F3N3/c1-16-10-6-8(12(13,14)15)7-11(17-10)18(2)9-4-3-5-9/h6-7,9H,3-5H2,1-2H3,(H,16,17). The Hall–Kier alpha value is -1.46. The van der Waals surface area contributed by atoms with E-state index in [4.69, 9.17) is 0 Å². The Morgan fingerprint density at radius 1 is 1.33 bits per heavy atom. The number of pyridine rings is 1. The Morgan fingerprint density at radius 3 is 2.44 bits per heavy atom. The van der Waals surface area contributed by atoms with Crippen LogP contribution in [0.25, 0.3) is 0 Å². The van der Waals surface area contributed by atoms with Gasteiger partial charge in [0.15, 0.2) is 0 Å². The fraction of sp³-hybridized carbons (Fsp3) is 0.583. The topological polar surface area (TPSA) is 28.2 Å². The minimum atomic E-state index is -4.34. The van der Waals surface area contributed by atoms with E-state index < -0.39 is 11.7 Å². The zero-order chi connectivity index (χ0) is 13.3. The lowest BCUT2D eigenvalue weighted by Crippen LogP contribution is -2.37. The average molecular weight is 259 g/mol. The normalized spacial score (nSPS) is 16.3. The summed E-state index contributed by atoms with van der Waals surface area (Å²) >= 11 is 0. The van der Waals surface area contributed by atoms with Crippen molar-refractivity contribution in [3.8, 4) is 0 Å². The summed E-state index contributed by atoms with van der Waals surface area (Å²) in [6.07, 6.45) is -1.18. The number of rotatable bonds is 3. The summed E-state index contributed by atoms with van der Waals surface area (Å²) in [5.41, 5.74) is -0.664. The van der Waals surface area contributed by atoms with Gasteiger partial charge in [0, 0.05) is 20.1 Å². The van der Waals surface area contributed by atoms with Crippen LogP contribution >= 0.6 is 0 Å². The van der Waals surface area contributed by atoms with Crippen molar-refractivity contribution in [3.63, 3.8) is 0 Å². The van der Waals surface area contributed by atoms with Crippen molar-refractivity contribution in [3.05, 3.63) is 17.7 Å². The minimum Gasteiger partial charge on any atom is -0.373 e. The van der Waals surface area contributed by atoms with E-state index in [0.717, 1.165) is 31.4 Å². The molecule has 18 heavy (non-hydrogen) atoms. The molecule has 1 aromatic heterocycles. The van der Waals surface area contributed by atoms with E-state index in [1.807, 2.05) is 4.90 Å². The van der Waals surface area contributed by atoms with Crippen LogP contribution in [0.1, 0.15) is 24.8 Å². The fourth-order valence-electron chi connectivity index (χ4n) is 1.95. The molecule has 1 aliphatic rings. The third kappa shape index (κ3) is 2.52. The van der Waals surface area contributed by atoms with Crippen molar-refractivity contribution in [2.75, 3.05) is 24.3 Å². The van der Waals surface area contributed by atoms with Gasteiger partial charge in [-0.05, 0) is 31.4 Å². The van der Waals surface area contributed by atoms with E-state index in [1.54, 1.807) is 14.1 Å². The number of aromatic nitrogens is 1. The maximum absolute atomic E-state index is 12.8. The van der Waals surface area contributed by atoms with E-state index in [9.17, 15) is 13.2 Å². The molecule has 3 nitrogen and oxygen atoms in total. The number of nitrogens with zero attached hydrogens (tertiary/aromatic N) is 2. The minimum absolute atomic E-state index is 0.242. The number of hydrogen-bond acceptors (Lipinski definition) is 3. The average Bonchev–Trinajstić information content (AvgIpc) is 2.24. The van der Waals surface area contributed by atoms with Gasteiger partial charge in [-0.25, -0.2) is 4.98 Å². The van der Waals surface area contributed by atoms with Gasteiger partial charge in [0.25, 0.3) is 0 Å². The highest BCUT2D eigenvalue weighted by Gasteiger charge is 2.33. The lowest BCUT2D eigenvalue weighted by atomic mass is 9.92. The molecule has 0 amide bonds. The van der Waals surface area contributed by atoms with Gasteiger partial charge in [-0.1, -0.05) is 0 Å². The van der Waals surface area contributed by atoms with Gasteiger partial charge in [0.2, 0.25) is 0 Å². The van der Waals surface area contributed by atoms with E-state index in [1.165, 1.54) is 0 Å². The number of hydrogen-bond donors (Lipinski definition) is 1. The van der Waals surface area contributed by atoms with Crippen LogP contribution in [-0.4, -0.2) is 25.1 Å². The third-order valence-corrected chi connectivity index (χ3v) is 3.38. The highest BCUT2D eigenvalue weighted by atomic mass is 19.4. The Kier molecular flexibility index (Phi) is 3.36. The van der Waals surface area contributed by atoms with Crippen LogP contribution in [0.2, 0.25) is 0 Å². The molecule has 1 aromatic rings. The molecular weight excluding hydrogens is 243 g/mol. The maximum atomic E-state index is 12.8. The van der Waals surface area contributed by atoms with Gasteiger partial charge in [0.1, 0.15) is 11.6 Å². The van der Waals surface area contributed by atoms with Crippen molar-refractivity contribution in [2.24, 2.45) is 0 Å². The van der Waals surface area contributed by atoms with Crippen LogP contribution in [0.15, 0.2) is 12.1 Å². The van der Waals surface area contributed by atoms with Crippen LogP contribution in [0.5, 0.6) is 0 Å². The molecule has 100 valence electrons. The lowest BCUT2D eigenvalue weighted by molar-refractivity contribution is -0.137. The Labute approximate surface area is 104 Å². The molecule has 0 bridgehead atoms. The quantitative estimate of drug-likeness (QED) is 0.904. The van der Waals surface area contributed by atoms with E-state index in [2.05, 4.69) is 10.3 Å². The predicted molar refractivity (Wildman–Crippen MR) is 64.8 cm³/mol. The smallest absolute Gasteiger partial charge is 0.373 e. The molecule has 2 rings (SSSR count). The number of halogens is 3. The first-order chi connectivity index (χ1) is 8.41. The van der Waals surface area contributed by atoms with Gasteiger partial charge < -0.3 is 10.2 Å². The molecule has 0 unspecified atom stereocenters. The highest BCUT2D eigenvalue weighted by molar-refractivity contribution is 5.51. The predicted octanol–water partition coefficient (Wildman–Crippen LogP) is 3.13. The van der Waals surface area contributed by atoms with Gasteiger partial charge in [0.05, 0.1) is 5.56 Å². The Morgan fingerprint density at radius 2 is 2.00 bits per heavy atom. The largest absolute Gasteiger partial charge is 0.416 e. The molecular formula is C12H16F3N3. The molecule has 0 atom stereocenters. The van der Waals surface area contributed by atoms with Crippen molar-refractivity contribution in [2.45, 2.75) is 31.5 Å².